The summed E-state index contributed by atoms with van der Waals surface area (Å²) in [5, 5.41) is 15.3. The summed E-state index contributed by atoms with van der Waals surface area (Å²) < 4.78 is 13.3. The molecule has 0 spiro atoms. The number of hydrogen-bond donors (Lipinski definition) is 2. The average Bonchev–Trinajstić information content (AvgIpc) is 2.70. The van der Waals surface area contributed by atoms with Crippen LogP contribution < -0.4 is 10.2 Å². The number of oxime groups is 1. The van der Waals surface area contributed by atoms with Crippen LogP contribution in [0.4, 0.5) is 10.1 Å². The van der Waals surface area contributed by atoms with Gasteiger partial charge in [0.15, 0.2) is 5.71 Å². The first kappa shape index (κ1) is 12.1. The van der Waals surface area contributed by atoms with Crippen LogP contribution in [0, 0.1) is 5.82 Å². The van der Waals surface area contributed by atoms with Gasteiger partial charge < -0.3 is 15.4 Å². The number of anilines is 1. The number of piperidine rings is 1. The summed E-state index contributed by atoms with van der Waals surface area (Å²) in [5.41, 5.74) is 0.921. The van der Waals surface area contributed by atoms with Crippen molar-refractivity contribution in [2.45, 2.75) is 18.9 Å². The Labute approximate surface area is 109 Å². The third kappa shape index (κ3) is 1.88. The van der Waals surface area contributed by atoms with Crippen LogP contribution in [-0.2, 0) is 4.79 Å². The molecule has 1 aromatic rings. The van der Waals surface area contributed by atoms with Crippen molar-refractivity contribution in [1.82, 2.24) is 5.32 Å². The molecule has 3 rings (SSSR count). The standard InChI is InChI=1S/C13H14FN3O2/c14-8-1-2-11-10(7-8)12(16-19)13(18)17(11)9-3-5-15-6-4-9/h1-2,7,9,15,19H,3-6H2/b16-12-. The maximum atomic E-state index is 13.3. The minimum absolute atomic E-state index is 0.0669. The molecule has 0 saturated carbocycles. The zero-order valence-corrected chi connectivity index (χ0v) is 10.3. The normalized spacial score (nSPS) is 22.1. The second-order valence-corrected chi connectivity index (χ2v) is 4.77. The lowest BCUT2D eigenvalue weighted by atomic mass is 10.0. The highest BCUT2D eigenvalue weighted by atomic mass is 19.1. The topological polar surface area (TPSA) is 64.9 Å². The smallest absolute Gasteiger partial charge is 0.281 e. The number of benzene rings is 1. The predicted molar refractivity (Wildman–Crippen MR) is 68.1 cm³/mol. The molecule has 2 aliphatic heterocycles. The fourth-order valence-electron chi connectivity index (χ4n) is 2.77. The molecule has 2 heterocycles. The van der Waals surface area contributed by atoms with E-state index >= 15 is 0 Å². The van der Waals surface area contributed by atoms with E-state index in [4.69, 9.17) is 5.21 Å². The van der Waals surface area contributed by atoms with Crippen molar-refractivity contribution in [1.29, 1.82) is 0 Å². The molecule has 2 N–H and O–H groups in total. The molecular formula is C13H14FN3O2. The number of fused-ring (bicyclic) bond motifs is 1. The van der Waals surface area contributed by atoms with Gasteiger partial charge in [-0.15, -0.1) is 0 Å². The minimum atomic E-state index is -0.445. The molecule has 1 fully saturated rings. The summed E-state index contributed by atoms with van der Waals surface area (Å²) >= 11 is 0. The molecule has 0 aliphatic carbocycles. The van der Waals surface area contributed by atoms with Crippen LogP contribution in [0.3, 0.4) is 0 Å². The van der Waals surface area contributed by atoms with Gasteiger partial charge in [-0.05, 0) is 44.1 Å². The van der Waals surface area contributed by atoms with Gasteiger partial charge >= 0.3 is 0 Å². The van der Waals surface area contributed by atoms with E-state index in [-0.39, 0.29) is 17.7 Å². The molecule has 5 nitrogen and oxygen atoms in total. The molecule has 1 amide bonds. The molecular weight excluding hydrogens is 249 g/mol. The summed E-state index contributed by atoms with van der Waals surface area (Å²) in [4.78, 5) is 13.9. The first-order chi connectivity index (χ1) is 9.22. The SMILES string of the molecule is O=C1/C(=N\O)c2cc(F)ccc2N1C1CCNCC1. The molecule has 1 saturated heterocycles. The summed E-state index contributed by atoms with van der Waals surface area (Å²) in [6, 6.07) is 4.20. The zero-order chi connectivity index (χ0) is 13.4. The monoisotopic (exact) mass is 263 g/mol. The second kappa shape index (κ2) is 4.62. The van der Waals surface area contributed by atoms with E-state index in [9.17, 15) is 9.18 Å². The first-order valence-corrected chi connectivity index (χ1v) is 6.28. The lowest BCUT2D eigenvalue weighted by Gasteiger charge is -2.31. The molecule has 0 unspecified atom stereocenters. The van der Waals surface area contributed by atoms with E-state index in [1.807, 2.05) is 0 Å². The fourth-order valence-corrected chi connectivity index (χ4v) is 2.77. The zero-order valence-electron chi connectivity index (χ0n) is 10.3. The van der Waals surface area contributed by atoms with Crippen molar-refractivity contribution < 1.29 is 14.4 Å². The fraction of sp³-hybridized carbons (Fsp3) is 0.385. The molecule has 1 aromatic carbocycles. The maximum Gasteiger partial charge on any atom is 0.281 e. The predicted octanol–water partition coefficient (Wildman–Crippen LogP) is 1.10. The number of hydrogen-bond acceptors (Lipinski definition) is 4. The van der Waals surface area contributed by atoms with Crippen molar-refractivity contribution in [2.24, 2.45) is 5.16 Å². The van der Waals surface area contributed by atoms with E-state index in [0.29, 0.717) is 11.3 Å². The summed E-state index contributed by atoms with van der Waals surface area (Å²) in [6.07, 6.45) is 1.67. The summed E-state index contributed by atoms with van der Waals surface area (Å²) in [5.74, 6) is -0.796. The Morgan fingerprint density at radius 2 is 2.11 bits per heavy atom. The summed E-state index contributed by atoms with van der Waals surface area (Å²) in [7, 11) is 0. The van der Waals surface area contributed by atoms with E-state index in [1.54, 1.807) is 11.0 Å². The average molecular weight is 263 g/mol. The van der Waals surface area contributed by atoms with Crippen molar-refractivity contribution >= 4 is 17.3 Å². The van der Waals surface area contributed by atoms with Gasteiger partial charge in [0.1, 0.15) is 5.82 Å². The Kier molecular flexibility index (Phi) is 2.94. The number of rotatable bonds is 1. The Morgan fingerprint density at radius 3 is 2.79 bits per heavy atom. The van der Waals surface area contributed by atoms with Crippen LogP contribution in [0.25, 0.3) is 0 Å². The third-order valence-corrected chi connectivity index (χ3v) is 3.67. The van der Waals surface area contributed by atoms with Crippen LogP contribution in [0.1, 0.15) is 18.4 Å². The lowest BCUT2D eigenvalue weighted by molar-refractivity contribution is -0.112. The van der Waals surface area contributed by atoms with Gasteiger partial charge in [0.25, 0.3) is 5.91 Å². The molecule has 6 heteroatoms. The Morgan fingerprint density at radius 1 is 1.37 bits per heavy atom. The minimum Gasteiger partial charge on any atom is -0.410 e. The molecule has 0 radical (unpaired) electrons. The van der Waals surface area contributed by atoms with Gasteiger partial charge in [0.05, 0.1) is 5.69 Å². The number of carbonyl (C=O) groups is 1. The number of halogens is 1. The number of carbonyl (C=O) groups excluding carboxylic acids is 1. The highest BCUT2D eigenvalue weighted by Gasteiger charge is 2.39. The molecule has 19 heavy (non-hydrogen) atoms. The van der Waals surface area contributed by atoms with Gasteiger partial charge in [0, 0.05) is 11.6 Å². The van der Waals surface area contributed by atoms with Gasteiger partial charge in [0.2, 0.25) is 0 Å². The van der Waals surface area contributed by atoms with E-state index < -0.39 is 5.82 Å². The highest BCUT2D eigenvalue weighted by molar-refractivity contribution is 6.54. The first-order valence-electron chi connectivity index (χ1n) is 6.28. The van der Waals surface area contributed by atoms with Crippen LogP contribution in [-0.4, -0.2) is 36.0 Å². The number of amides is 1. The van der Waals surface area contributed by atoms with Crippen LogP contribution in [0.5, 0.6) is 0 Å². The quantitative estimate of drug-likeness (QED) is 0.589. The van der Waals surface area contributed by atoms with E-state index in [0.717, 1.165) is 25.9 Å². The van der Waals surface area contributed by atoms with Crippen molar-refractivity contribution in [2.75, 3.05) is 18.0 Å². The second-order valence-electron chi connectivity index (χ2n) is 4.77. The Balaban J connectivity index is 2.05. The van der Waals surface area contributed by atoms with Crippen molar-refractivity contribution in [3.05, 3.63) is 29.6 Å². The van der Waals surface area contributed by atoms with Gasteiger partial charge in [-0.2, -0.15) is 0 Å². The van der Waals surface area contributed by atoms with Gasteiger partial charge in [-0.1, -0.05) is 5.16 Å². The number of nitrogens with zero attached hydrogens (tertiary/aromatic N) is 2. The lowest BCUT2D eigenvalue weighted by Crippen LogP contribution is -2.45. The summed E-state index contributed by atoms with van der Waals surface area (Å²) in [6.45, 7) is 1.69. The molecule has 0 aromatic heterocycles. The van der Waals surface area contributed by atoms with E-state index in [1.165, 1.54) is 12.1 Å². The van der Waals surface area contributed by atoms with E-state index in [2.05, 4.69) is 10.5 Å². The van der Waals surface area contributed by atoms with Gasteiger partial charge in [-0.3, -0.25) is 4.79 Å². The number of nitrogens with one attached hydrogen (secondary N) is 1. The van der Waals surface area contributed by atoms with Crippen LogP contribution in [0.15, 0.2) is 23.4 Å². The third-order valence-electron chi connectivity index (χ3n) is 3.67. The van der Waals surface area contributed by atoms with Crippen LogP contribution >= 0.6 is 0 Å². The molecule has 100 valence electrons. The van der Waals surface area contributed by atoms with Crippen LogP contribution in [0.2, 0.25) is 0 Å². The molecule has 2 aliphatic rings. The Bertz CT molecular complexity index is 553. The molecule has 0 bridgehead atoms. The van der Waals surface area contributed by atoms with Crippen molar-refractivity contribution in [3.63, 3.8) is 0 Å². The largest absolute Gasteiger partial charge is 0.410 e. The van der Waals surface area contributed by atoms with Crippen molar-refractivity contribution in [3.8, 4) is 0 Å². The highest BCUT2D eigenvalue weighted by Crippen LogP contribution is 2.33. The molecule has 0 atom stereocenters. The van der Waals surface area contributed by atoms with Gasteiger partial charge in [-0.25, -0.2) is 4.39 Å². The Hall–Kier alpha value is -1.95. The maximum absolute atomic E-state index is 13.3.